The summed E-state index contributed by atoms with van der Waals surface area (Å²) in [5.41, 5.74) is -0.425. The van der Waals surface area contributed by atoms with Crippen molar-refractivity contribution >= 4 is 35.1 Å². The van der Waals surface area contributed by atoms with Gasteiger partial charge in [0.2, 0.25) is 11.8 Å². The van der Waals surface area contributed by atoms with Gasteiger partial charge < -0.3 is 15.6 Å². The van der Waals surface area contributed by atoms with Crippen LogP contribution < -0.4 is 16.2 Å². The van der Waals surface area contributed by atoms with E-state index >= 15 is 0 Å². The van der Waals surface area contributed by atoms with Crippen molar-refractivity contribution in [1.82, 2.24) is 9.97 Å². The molecule has 1 aliphatic rings. The number of anilines is 2. The standard InChI is InChI=1S/C16H15FN4O3S/c1-2-25-16-20-13-12(15(24)21-16)8(7-11(22)19-13)14(23)18-10-6-4-3-5-9(10)17/h3-6,8H,2,7H2,1H3,(H,18,23)(H2,19,20,21,22,24)/t8-/m0/s1. The fraction of sp³-hybridized carbons (Fsp3) is 0.250. The normalized spacial score (nSPS) is 16.1. The van der Waals surface area contributed by atoms with Gasteiger partial charge in [0.15, 0.2) is 5.16 Å². The number of nitrogens with zero attached hydrogens (tertiary/aromatic N) is 1. The summed E-state index contributed by atoms with van der Waals surface area (Å²) in [4.78, 5) is 43.6. The molecule has 3 N–H and O–H groups in total. The summed E-state index contributed by atoms with van der Waals surface area (Å²) in [5, 5.41) is 5.31. The van der Waals surface area contributed by atoms with E-state index in [4.69, 9.17) is 0 Å². The molecule has 2 aromatic rings. The number of carbonyl (C=O) groups is 2. The van der Waals surface area contributed by atoms with Gasteiger partial charge >= 0.3 is 0 Å². The topological polar surface area (TPSA) is 104 Å². The molecule has 2 amide bonds. The summed E-state index contributed by atoms with van der Waals surface area (Å²) < 4.78 is 13.7. The summed E-state index contributed by atoms with van der Waals surface area (Å²) in [6.45, 7) is 1.90. The van der Waals surface area contributed by atoms with Crippen molar-refractivity contribution in [3.05, 3.63) is 46.0 Å². The van der Waals surface area contributed by atoms with Gasteiger partial charge in [-0.15, -0.1) is 0 Å². The summed E-state index contributed by atoms with van der Waals surface area (Å²) >= 11 is 1.31. The van der Waals surface area contributed by atoms with E-state index in [1.54, 1.807) is 6.07 Å². The van der Waals surface area contributed by atoms with Crippen molar-refractivity contribution in [2.75, 3.05) is 16.4 Å². The van der Waals surface area contributed by atoms with Gasteiger partial charge in [0.1, 0.15) is 11.6 Å². The lowest BCUT2D eigenvalue weighted by molar-refractivity contribution is -0.123. The number of carbonyl (C=O) groups excluding carboxylic acids is 2. The Kier molecular flexibility index (Phi) is 4.84. The zero-order chi connectivity index (χ0) is 18.0. The van der Waals surface area contributed by atoms with Crippen molar-refractivity contribution in [3.8, 4) is 0 Å². The number of nitrogens with one attached hydrogen (secondary N) is 3. The molecule has 1 atom stereocenters. The Balaban J connectivity index is 1.96. The third-order valence-electron chi connectivity index (χ3n) is 3.66. The van der Waals surface area contributed by atoms with E-state index in [9.17, 15) is 18.8 Å². The third kappa shape index (κ3) is 3.55. The van der Waals surface area contributed by atoms with E-state index in [0.29, 0.717) is 10.9 Å². The van der Waals surface area contributed by atoms with E-state index in [-0.39, 0.29) is 23.5 Å². The summed E-state index contributed by atoms with van der Waals surface area (Å²) in [6.07, 6.45) is -0.210. The molecule has 25 heavy (non-hydrogen) atoms. The SMILES string of the molecule is CCSc1nc2c(c(=O)[nH]1)[C@@H](C(=O)Nc1ccccc1F)CC(=O)N2. The second kappa shape index (κ2) is 7.06. The van der Waals surface area contributed by atoms with Crippen LogP contribution in [0.3, 0.4) is 0 Å². The van der Waals surface area contributed by atoms with E-state index in [0.717, 1.165) is 0 Å². The number of para-hydroxylation sites is 1. The van der Waals surface area contributed by atoms with Gasteiger partial charge in [0, 0.05) is 6.42 Å². The first-order valence-corrected chi connectivity index (χ1v) is 8.60. The zero-order valence-corrected chi connectivity index (χ0v) is 14.1. The molecule has 0 radical (unpaired) electrons. The van der Waals surface area contributed by atoms with Crippen LogP contribution in [0.25, 0.3) is 0 Å². The average Bonchev–Trinajstić information content (AvgIpc) is 2.56. The number of amides is 2. The molecule has 0 aliphatic carbocycles. The smallest absolute Gasteiger partial charge is 0.257 e. The van der Waals surface area contributed by atoms with Gasteiger partial charge in [-0.25, -0.2) is 9.37 Å². The van der Waals surface area contributed by atoms with Crippen LogP contribution in [0.1, 0.15) is 24.8 Å². The predicted molar refractivity (Wildman–Crippen MR) is 92.3 cm³/mol. The molecule has 2 heterocycles. The van der Waals surface area contributed by atoms with E-state index in [2.05, 4.69) is 20.6 Å². The number of thioether (sulfide) groups is 1. The molecular formula is C16H15FN4O3S. The Morgan fingerprint density at radius 3 is 2.88 bits per heavy atom. The zero-order valence-electron chi connectivity index (χ0n) is 13.3. The Labute approximate surface area is 146 Å². The van der Waals surface area contributed by atoms with E-state index < -0.39 is 29.1 Å². The van der Waals surface area contributed by atoms with Crippen molar-refractivity contribution in [2.45, 2.75) is 24.4 Å². The summed E-state index contributed by atoms with van der Waals surface area (Å²) in [5.74, 6) is -1.94. The number of H-pyrrole nitrogens is 1. The van der Waals surface area contributed by atoms with Gasteiger partial charge in [-0.1, -0.05) is 30.8 Å². The molecule has 0 fully saturated rings. The first-order valence-electron chi connectivity index (χ1n) is 7.61. The van der Waals surface area contributed by atoms with Gasteiger partial charge in [0.25, 0.3) is 5.56 Å². The maximum Gasteiger partial charge on any atom is 0.257 e. The lowest BCUT2D eigenvalue weighted by Gasteiger charge is -2.23. The quantitative estimate of drug-likeness (QED) is 0.571. The van der Waals surface area contributed by atoms with Crippen molar-refractivity contribution < 1.29 is 14.0 Å². The molecular weight excluding hydrogens is 347 g/mol. The summed E-state index contributed by atoms with van der Waals surface area (Å²) in [7, 11) is 0. The molecule has 0 saturated heterocycles. The first-order chi connectivity index (χ1) is 12.0. The minimum atomic E-state index is -1.04. The fourth-order valence-electron chi connectivity index (χ4n) is 2.56. The Morgan fingerprint density at radius 2 is 2.16 bits per heavy atom. The Hall–Kier alpha value is -2.68. The second-order valence-corrected chi connectivity index (χ2v) is 6.59. The number of hydrogen-bond donors (Lipinski definition) is 3. The minimum absolute atomic E-state index is 0.0115. The minimum Gasteiger partial charge on any atom is -0.323 e. The van der Waals surface area contributed by atoms with Crippen LogP contribution in [-0.2, 0) is 9.59 Å². The fourth-order valence-corrected chi connectivity index (χ4v) is 3.16. The van der Waals surface area contributed by atoms with Crippen molar-refractivity contribution in [3.63, 3.8) is 0 Å². The number of fused-ring (bicyclic) bond motifs is 1. The summed E-state index contributed by atoms with van der Waals surface area (Å²) in [6, 6.07) is 5.68. The van der Waals surface area contributed by atoms with Crippen LogP contribution in [0.5, 0.6) is 0 Å². The monoisotopic (exact) mass is 362 g/mol. The van der Waals surface area contributed by atoms with Gasteiger partial charge in [0.05, 0.1) is 17.2 Å². The molecule has 1 aromatic heterocycles. The second-order valence-electron chi connectivity index (χ2n) is 5.34. The number of aromatic amines is 1. The Morgan fingerprint density at radius 1 is 1.40 bits per heavy atom. The highest BCUT2D eigenvalue weighted by atomic mass is 32.2. The first kappa shape index (κ1) is 17.2. The van der Waals surface area contributed by atoms with Gasteiger partial charge in [-0.05, 0) is 17.9 Å². The maximum absolute atomic E-state index is 13.7. The number of benzene rings is 1. The Bertz CT molecular complexity index is 899. The number of halogens is 1. The van der Waals surface area contributed by atoms with Crippen molar-refractivity contribution in [2.24, 2.45) is 0 Å². The largest absolute Gasteiger partial charge is 0.323 e. The van der Waals surface area contributed by atoms with Crippen LogP contribution in [0.2, 0.25) is 0 Å². The molecule has 3 rings (SSSR count). The molecule has 0 saturated carbocycles. The molecule has 7 nitrogen and oxygen atoms in total. The van der Waals surface area contributed by atoms with Crippen LogP contribution in [0.15, 0.2) is 34.2 Å². The third-order valence-corrected chi connectivity index (χ3v) is 4.41. The average molecular weight is 362 g/mol. The molecule has 1 aliphatic heterocycles. The van der Waals surface area contributed by atoms with Gasteiger partial charge in [-0.2, -0.15) is 0 Å². The van der Waals surface area contributed by atoms with E-state index in [1.807, 2.05) is 6.92 Å². The maximum atomic E-state index is 13.7. The molecule has 0 bridgehead atoms. The van der Waals surface area contributed by atoms with Crippen LogP contribution in [0, 0.1) is 5.82 Å². The number of rotatable bonds is 4. The number of aromatic nitrogens is 2. The molecule has 0 unspecified atom stereocenters. The highest BCUT2D eigenvalue weighted by molar-refractivity contribution is 7.99. The van der Waals surface area contributed by atoms with Gasteiger partial charge in [-0.3, -0.25) is 14.4 Å². The predicted octanol–water partition coefficient (Wildman–Crippen LogP) is 2.09. The van der Waals surface area contributed by atoms with Crippen LogP contribution in [0.4, 0.5) is 15.9 Å². The van der Waals surface area contributed by atoms with E-state index in [1.165, 1.54) is 30.0 Å². The highest BCUT2D eigenvalue weighted by Gasteiger charge is 2.35. The highest BCUT2D eigenvalue weighted by Crippen LogP contribution is 2.30. The lowest BCUT2D eigenvalue weighted by atomic mass is 9.92. The van der Waals surface area contributed by atoms with Crippen LogP contribution >= 0.6 is 11.8 Å². The lowest BCUT2D eigenvalue weighted by Crippen LogP contribution is -2.36. The molecule has 0 spiro atoms. The molecule has 1 aromatic carbocycles. The van der Waals surface area contributed by atoms with Crippen LogP contribution in [-0.4, -0.2) is 27.5 Å². The van der Waals surface area contributed by atoms with Crippen molar-refractivity contribution in [1.29, 1.82) is 0 Å². The molecule has 130 valence electrons. The molecule has 9 heteroatoms. The number of hydrogen-bond acceptors (Lipinski definition) is 5.